The van der Waals surface area contributed by atoms with Gasteiger partial charge in [-0.1, -0.05) is 11.3 Å². The van der Waals surface area contributed by atoms with Gasteiger partial charge < -0.3 is 4.90 Å². The van der Waals surface area contributed by atoms with Gasteiger partial charge >= 0.3 is 0 Å². The molecule has 0 unspecified atom stereocenters. The van der Waals surface area contributed by atoms with Crippen LogP contribution in [0.2, 0.25) is 0 Å². The molecule has 0 atom stereocenters. The zero-order valence-electron chi connectivity index (χ0n) is 9.45. The summed E-state index contributed by atoms with van der Waals surface area (Å²) in [5.74, 6) is -0.121. The summed E-state index contributed by atoms with van der Waals surface area (Å²) in [6.07, 6.45) is 2.33. The van der Waals surface area contributed by atoms with Crippen molar-refractivity contribution in [2.75, 3.05) is 18.0 Å². The predicted molar refractivity (Wildman–Crippen MR) is 67.7 cm³/mol. The third kappa shape index (κ3) is 2.05. The smallest absolute Gasteiger partial charge is 0.223 e. The lowest BCUT2D eigenvalue weighted by molar-refractivity contribution is -0.357. The third-order valence-electron chi connectivity index (χ3n) is 3.17. The van der Waals surface area contributed by atoms with Crippen molar-refractivity contribution < 1.29 is 9.37 Å². The Morgan fingerprint density at radius 1 is 1.24 bits per heavy atom. The molecular weight excluding hydrogens is 235 g/mol. The molecule has 3 rings (SSSR count). The molecule has 1 saturated heterocycles. The minimum Gasteiger partial charge on any atom is -0.369 e. The van der Waals surface area contributed by atoms with E-state index in [-0.39, 0.29) is 5.82 Å². The van der Waals surface area contributed by atoms with Gasteiger partial charge in [0.15, 0.2) is 0 Å². The standard InChI is InChI=1S/C13H13FN2S/c14-11-7-10(12-8-17-9-15-12)3-4-13(11)16-5-1-2-6-16/h3-4,7-9H,1-2,5-6H2/p+1. The number of aromatic amines is 1. The van der Waals surface area contributed by atoms with E-state index >= 15 is 0 Å². The van der Waals surface area contributed by atoms with Crippen LogP contribution < -0.4 is 9.88 Å². The number of thiazole rings is 1. The average molecular weight is 249 g/mol. The molecule has 1 aliphatic heterocycles. The maximum Gasteiger partial charge on any atom is 0.223 e. The fourth-order valence-corrected chi connectivity index (χ4v) is 2.88. The molecule has 2 aromatic rings. The maximum absolute atomic E-state index is 14.0. The quantitative estimate of drug-likeness (QED) is 0.800. The predicted octanol–water partition coefficient (Wildman–Crippen LogP) is 2.97. The lowest BCUT2D eigenvalue weighted by Gasteiger charge is -2.18. The molecule has 0 spiro atoms. The molecule has 17 heavy (non-hydrogen) atoms. The van der Waals surface area contributed by atoms with Crippen molar-refractivity contribution in [3.8, 4) is 11.3 Å². The van der Waals surface area contributed by atoms with E-state index in [4.69, 9.17) is 0 Å². The highest BCUT2D eigenvalue weighted by molar-refractivity contribution is 7.07. The summed E-state index contributed by atoms with van der Waals surface area (Å²) in [5.41, 5.74) is 4.51. The molecule has 0 saturated carbocycles. The van der Waals surface area contributed by atoms with Crippen LogP contribution in [-0.2, 0) is 0 Å². The molecule has 1 N–H and O–H groups in total. The molecule has 0 aliphatic carbocycles. The van der Waals surface area contributed by atoms with Gasteiger partial charge in [0.1, 0.15) is 5.82 Å². The summed E-state index contributed by atoms with van der Waals surface area (Å²) < 4.78 is 14.0. The Bertz CT molecular complexity index is 504. The Morgan fingerprint density at radius 3 is 2.71 bits per heavy atom. The zero-order chi connectivity index (χ0) is 11.7. The van der Waals surface area contributed by atoms with Crippen LogP contribution in [-0.4, -0.2) is 13.1 Å². The number of nitrogens with zero attached hydrogens (tertiary/aromatic N) is 1. The van der Waals surface area contributed by atoms with Crippen molar-refractivity contribution in [1.29, 1.82) is 0 Å². The molecule has 0 radical (unpaired) electrons. The summed E-state index contributed by atoms with van der Waals surface area (Å²) in [6.45, 7) is 1.95. The Hall–Kier alpha value is -1.42. The van der Waals surface area contributed by atoms with Gasteiger partial charge in [0.05, 0.1) is 16.6 Å². The molecule has 4 heteroatoms. The molecular formula is C13H14FN2S+. The summed E-state index contributed by atoms with van der Waals surface area (Å²) in [7, 11) is 0. The van der Waals surface area contributed by atoms with Gasteiger partial charge in [0.2, 0.25) is 11.2 Å². The highest BCUT2D eigenvalue weighted by Gasteiger charge is 2.17. The van der Waals surface area contributed by atoms with Crippen LogP contribution in [0.3, 0.4) is 0 Å². The molecule has 1 fully saturated rings. The van der Waals surface area contributed by atoms with Gasteiger partial charge in [0, 0.05) is 13.1 Å². The first-order valence-electron chi connectivity index (χ1n) is 5.83. The topological polar surface area (TPSA) is 17.4 Å². The molecule has 1 aromatic heterocycles. The minimum atomic E-state index is -0.121. The Balaban J connectivity index is 1.94. The molecule has 2 nitrogen and oxygen atoms in total. The van der Waals surface area contributed by atoms with Crippen LogP contribution >= 0.6 is 11.3 Å². The minimum absolute atomic E-state index is 0.121. The van der Waals surface area contributed by atoms with E-state index in [1.165, 1.54) is 12.8 Å². The maximum atomic E-state index is 14.0. The number of H-pyrrole nitrogens is 1. The number of hydrogen-bond acceptors (Lipinski definition) is 2. The van der Waals surface area contributed by atoms with Crippen molar-refractivity contribution in [1.82, 2.24) is 0 Å². The van der Waals surface area contributed by atoms with Gasteiger partial charge in [-0.3, -0.25) is 0 Å². The Kier molecular flexibility index (Phi) is 2.81. The SMILES string of the molecule is Fc1cc(-c2csc[nH+]2)ccc1N1CCCC1. The zero-order valence-corrected chi connectivity index (χ0v) is 10.3. The summed E-state index contributed by atoms with van der Waals surface area (Å²) in [6, 6.07) is 5.49. The van der Waals surface area contributed by atoms with Crippen LogP contribution in [0, 0.1) is 5.82 Å². The van der Waals surface area contributed by atoms with E-state index < -0.39 is 0 Å². The molecule has 1 aliphatic rings. The second-order valence-electron chi connectivity index (χ2n) is 4.29. The van der Waals surface area contributed by atoms with Crippen LogP contribution in [0.1, 0.15) is 12.8 Å². The van der Waals surface area contributed by atoms with Gasteiger partial charge in [-0.15, -0.1) is 0 Å². The highest BCUT2D eigenvalue weighted by Crippen LogP contribution is 2.27. The second-order valence-corrected chi connectivity index (χ2v) is 5.03. The van der Waals surface area contributed by atoms with Gasteiger partial charge in [-0.2, -0.15) is 0 Å². The van der Waals surface area contributed by atoms with Crippen LogP contribution in [0.4, 0.5) is 10.1 Å². The third-order valence-corrected chi connectivity index (χ3v) is 3.80. The lowest BCUT2D eigenvalue weighted by Crippen LogP contribution is -2.18. The number of rotatable bonds is 2. The molecule has 0 amide bonds. The lowest BCUT2D eigenvalue weighted by atomic mass is 10.1. The van der Waals surface area contributed by atoms with E-state index in [0.717, 1.165) is 30.0 Å². The second kappa shape index (κ2) is 4.45. The van der Waals surface area contributed by atoms with E-state index in [0.29, 0.717) is 0 Å². The summed E-state index contributed by atoms with van der Waals surface area (Å²) >= 11 is 1.58. The summed E-state index contributed by atoms with van der Waals surface area (Å²) in [5, 5.41) is 1.99. The number of benzene rings is 1. The number of anilines is 1. The van der Waals surface area contributed by atoms with Crippen molar-refractivity contribution in [3.63, 3.8) is 0 Å². The van der Waals surface area contributed by atoms with Crippen LogP contribution in [0.5, 0.6) is 0 Å². The fraction of sp³-hybridized carbons (Fsp3) is 0.308. The van der Waals surface area contributed by atoms with E-state index in [9.17, 15) is 4.39 Å². The largest absolute Gasteiger partial charge is 0.369 e. The fourth-order valence-electron chi connectivity index (χ4n) is 2.27. The first-order valence-corrected chi connectivity index (χ1v) is 6.77. The number of hydrogen-bond donors (Lipinski definition) is 0. The number of halogens is 1. The van der Waals surface area contributed by atoms with Crippen molar-refractivity contribution >= 4 is 17.0 Å². The van der Waals surface area contributed by atoms with Gasteiger partial charge in [-0.25, -0.2) is 9.37 Å². The van der Waals surface area contributed by atoms with Crippen molar-refractivity contribution in [3.05, 3.63) is 34.9 Å². The normalized spacial score (nSPS) is 15.5. The van der Waals surface area contributed by atoms with Crippen LogP contribution in [0.15, 0.2) is 29.1 Å². The van der Waals surface area contributed by atoms with Gasteiger partial charge in [-0.05, 0) is 31.0 Å². The van der Waals surface area contributed by atoms with Crippen molar-refractivity contribution in [2.45, 2.75) is 12.8 Å². The van der Waals surface area contributed by atoms with E-state index in [2.05, 4.69) is 9.88 Å². The first-order chi connectivity index (χ1) is 8.34. The van der Waals surface area contributed by atoms with Gasteiger partial charge in [0.25, 0.3) is 0 Å². The number of aromatic nitrogens is 1. The highest BCUT2D eigenvalue weighted by atomic mass is 32.1. The molecule has 88 valence electrons. The summed E-state index contributed by atoms with van der Waals surface area (Å²) in [4.78, 5) is 5.23. The van der Waals surface area contributed by atoms with Crippen LogP contribution in [0.25, 0.3) is 11.3 Å². The number of nitrogens with one attached hydrogen (secondary N) is 1. The molecule has 2 heterocycles. The van der Waals surface area contributed by atoms with E-state index in [1.807, 2.05) is 23.0 Å². The molecule has 0 bridgehead atoms. The first kappa shape index (κ1) is 10.7. The Morgan fingerprint density at radius 2 is 2.06 bits per heavy atom. The van der Waals surface area contributed by atoms with Crippen molar-refractivity contribution in [2.24, 2.45) is 0 Å². The molecule has 1 aromatic carbocycles. The van der Waals surface area contributed by atoms with E-state index in [1.54, 1.807) is 17.4 Å². The Labute approximate surface area is 104 Å². The average Bonchev–Trinajstić information content (AvgIpc) is 3.02. The monoisotopic (exact) mass is 249 g/mol.